The molecule has 1 N–H and O–H groups in total. The molecule has 2 heterocycles. The molecule has 0 amide bonds. The third-order valence-corrected chi connectivity index (χ3v) is 6.73. The van der Waals surface area contributed by atoms with Crippen LogP contribution in [0.15, 0.2) is 15.7 Å². The molecule has 0 spiro atoms. The van der Waals surface area contributed by atoms with Crippen LogP contribution in [0.2, 0.25) is 0 Å². The Morgan fingerprint density at radius 1 is 1.30 bits per heavy atom. The van der Waals surface area contributed by atoms with Gasteiger partial charge in [-0.15, -0.1) is 11.3 Å². The minimum absolute atomic E-state index is 0.0226. The lowest BCUT2D eigenvalue weighted by atomic mass is 10.3. The van der Waals surface area contributed by atoms with Crippen molar-refractivity contribution in [1.29, 1.82) is 0 Å². The molecule has 0 saturated carbocycles. The van der Waals surface area contributed by atoms with E-state index in [4.69, 9.17) is 5.11 Å². The second kappa shape index (κ2) is 5.80. The van der Waals surface area contributed by atoms with Crippen LogP contribution in [0, 0.1) is 0 Å². The van der Waals surface area contributed by atoms with E-state index in [1.54, 1.807) is 0 Å². The van der Waals surface area contributed by atoms with Gasteiger partial charge in [0, 0.05) is 37.6 Å². The standard InChI is InChI=1S/C12H18N2O4S2/c1-9(2)13-3-5-14(6-4-13)20(17,18)11-7-10(8-19-11)12(15)16/h7-9H,3-6H2,1-2H3,(H,15,16). The first-order chi connectivity index (χ1) is 9.32. The molecule has 8 heteroatoms. The van der Waals surface area contributed by atoms with Crippen LogP contribution in [0.3, 0.4) is 0 Å². The third-order valence-electron chi connectivity index (χ3n) is 3.42. The third kappa shape index (κ3) is 3.03. The summed E-state index contributed by atoms with van der Waals surface area (Å²) in [7, 11) is -3.56. The SMILES string of the molecule is CC(C)N1CCN(S(=O)(=O)c2cc(C(=O)O)cs2)CC1. The Labute approximate surface area is 122 Å². The van der Waals surface area contributed by atoms with E-state index in [9.17, 15) is 13.2 Å². The second-order valence-corrected chi connectivity index (χ2v) is 8.07. The Morgan fingerprint density at radius 3 is 2.35 bits per heavy atom. The first kappa shape index (κ1) is 15.4. The predicted octanol–water partition coefficient (Wildman–Crippen LogP) is 1.16. The molecule has 0 aliphatic carbocycles. The van der Waals surface area contributed by atoms with Gasteiger partial charge in [-0.1, -0.05) is 0 Å². The summed E-state index contributed by atoms with van der Waals surface area (Å²) < 4.78 is 26.4. The van der Waals surface area contributed by atoms with Crippen molar-refractivity contribution in [2.75, 3.05) is 26.2 Å². The van der Waals surface area contributed by atoms with Gasteiger partial charge in [0.15, 0.2) is 0 Å². The van der Waals surface area contributed by atoms with E-state index in [-0.39, 0.29) is 9.77 Å². The number of aromatic carboxylic acids is 1. The number of thiophene rings is 1. The zero-order valence-corrected chi connectivity index (χ0v) is 13.1. The van der Waals surface area contributed by atoms with Crippen LogP contribution in [0.4, 0.5) is 0 Å². The van der Waals surface area contributed by atoms with Gasteiger partial charge in [0.05, 0.1) is 5.56 Å². The molecule has 6 nitrogen and oxygen atoms in total. The van der Waals surface area contributed by atoms with E-state index in [0.29, 0.717) is 32.2 Å². The summed E-state index contributed by atoms with van der Waals surface area (Å²) in [6.07, 6.45) is 0. The van der Waals surface area contributed by atoms with Crippen molar-refractivity contribution < 1.29 is 18.3 Å². The lowest BCUT2D eigenvalue weighted by molar-refractivity contribution is 0.0697. The molecule has 1 saturated heterocycles. The molecule has 1 fully saturated rings. The number of carboxylic acids is 1. The maximum atomic E-state index is 12.4. The minimum atomic E-state index is -3.56. The summed E-state index contributed by atoms with van der Waals surface area (Å²) in [5.74, 6) is -1.10. The van der Waals surface area contributed by atoms with Crippen LogP contribution < -0.4 is 0 Å². The summed E-state index contributed by atoms with van der Waals surface area (Å²) in [5.41, 5.74) is 0.0226. The summed E-state index contributed by atoms with van der Waals surface area (Å²) in [4.78, 5) is 13.1. The Balaban J connectivity index is 2.13. The number of carboxylic acid groups (broad SMARTS) is 1. The van der Waals surface area contributed by atoms with Crippen molar-refractivity contribution in [2.45, 2.75) is 24.1 Å². The lowest BCUT2D eigenvalue weighted by Crippen LogP contribution is -2.50. The topological polar surface area (TPSA) is 77.9 Å². The van der Waals surface area contributed by atoms with Crippen molar-refractivity contribution in [3.63, 3.8) is 0 Å². The van der Waals surface area contributed by atoms with Crippen molar-refractivity contribution in [1.82, 2.24) is 9.21 Å². The van der Waals surface area contributed by atoms with Crippen LogP contribution in [-0.2, 0) is 10.0 Å². The summed E-state index contributed by atoms with van der Waals surface area (Å²) in [6.45, 7) is 6.47. The molecule has 1 aliphatic rings. The molecule has 1 aromatic heterocycles. The fraction of sp³-hybridized carbons (Fsp3) is 0.583. The van der Waals surface area contributed by atoms with E-state index in [1.807, 2.05) is 0 Å². The molecule has 20 heavy (non-hydrogen) atoms. The fourth-order valence-corrected chi connectivity index (χ4v) is 4.88. The lowest BCUT2D eigenvalue weighted by Gasteiger charge is -2.35. The van der Waals surface area contributed by atoms with Crippen molar-refractivity contribution >= 4 is 27.3 Å². The maximum Gasteiger partial charge on any atom is 0.336 e. The van der Waals surface area contributed by atoms with E-state index in [1.165, 1.54) is 15.8 Å². The quantitative estimate of drug-likeness (QED) is 0.901. The summed E-state index contributed by atoms with van der Waals surface area (Å²) in [5, 5.41) is 10.2. The molecule has 112 valence electrons. The number of sulfonamides is 1. The van der Waals surface area contributed by atoms with Gasteiger partial charge in [-0.2, -0.15) is 4.31 Å². The Bertz CT molecular complexity index is 586. The smallest absolute Gasteiger partial charge is 0.336 e. The highest BCUT2D eigenvalue weighted by atomic mass is 32.2. The van der Waals surface area contributed by atoms with Gasteiger partial charge in [-0.3, -0.25) is 4.90 Å². The number of hydrogen-bond donors (Lipinski definition) is 1. The largest absolute Gasteiger partial charge is 0.478 e. The van der Waals surface area contributed by atoms with Gasteiger partial charge in [-0.25, -0.2) is 13.2 Å². The van der Waals surface area contributed by atoms with Gasteiger partial charge in [0.25, 0.3) is 10.0 Å². The molecule has 0 radical (unpaired) electrons. The highest BCUT2D eigenvalue weighted by molar-refractivity contribution is 7.91. The van der Waals surface area contributed by atoms with Crippen LogP contribution in [0.1, 0.15) is 24.2 Å². The molecule has 0 unspecified atom stereocenters. The van der Waals surface area contributed by atoms with Crippen LogP contribution in [0.5, 0.6) is 0 Å². The van der Waals surface area contributed by atoms with E-state index in [2.05, 4.69) is 18.7 Å². The predicted molar refractivity (Wildman–Crippen MR) is 76.7 cm³/mol. The summed E-state index contributed by atoms with van der Waals surface area (Å²) in [6, 6.07) is 1.64. The van der Waals surface area contributed by atoms with Gasteiger partial charge in [0.1, 0.15) is 4.21 Å². The first-order valence-corrected chi connectivity index (χ1v) is 8.70. The van der Waals surface area contributed by atoms with Gasteiger partial charge in [-0.05, 0) is 19.9 Å². The molecule has 1 aliphatic heterocycles. The summed E-state index contributed by atoms with van der Waals surface area (Å²) >= 11 is 0.961. The Kier molecular flexibility index (Phi) is 4.48. The normalized spacial score (nSPS) is 18.6. The molecular weight excluding hydrogens is 300 g/mol. The average Bonchev–Trinajstić information content (AvgIpc) is 2.89. The number of piperazine rings is 1. The number of carbonyl (C=O) groups is 1. The first-order valence-electron chi connectivity index (χ1n) is 6.38. The van der Waals surface area contributed by atoms with Crippen molar-refractivity contribution in [3.05, 3.63) is 17.0 Å². The average molecular weight is 318 g/mol. The zero-order chi connectivity index (χ0) is 14.9. The minimum Gasteiger partial charge on any atom is -0.478 e. The Morgan fingerprint density at radius 2 is 1.90 bits per heavy atom. The highest BCUT2D eigenvalue weighted by Crippen LogP contribution is 2.25. The van der Waals surface area contributed by atoms with Crippen LogP contribution in [-0.4, -0.2) is 60.9 Å². The van der Waals surface area contributed by atoms with E-state index in [0.717, 1.165) is 11.3 Å². The zero-order valence-electron chi connectivity index (χ0n) is 11.4. The molecule has 0 atom stereocenters. The van der Waals surface area contributed by atoms with Gasteiger partial charge >= 0.3 is 5.97 Å². The molecule has 2 rings (SSSR count). The highest BCUT2D eigenvalue weighted by Gasteiger charge is 2.30. The number of nitrogens with zero attached hydrogens (tertiary/aromatic N) is 2. The molecule has 0 aromatic carbocycles. The number of hydrogen-bond acceptors (Lipinski definition) is 5. The van der Waals surface area contributed by atoms with E-state index < -0.39 is 16.0 Å². The maximum absolute atomic E-state index is 12.4. The van der Waals surface area contributed by atoms with E-state index >= 15 is 0 Å². The number of rotatable bonds is 4. The molecule has 0 bridgehead atoms. The molecular formula is C12H18N2O4S2. The van der Waals surface area contributed by atoms with Gasteiger partial charge in [0.2, 0.25) is 0 Å². The Hall–Kier alpha value is -0.960. The van der Waals surface area contributed by atoms with Crippen molar-refractivity contribution in [3.8, 4) is 0 Å². The van der Waals surface area contributed by atoms with Gasteiger partial charge < -0.3 is 5.11 Å². The fourth-order valence-electron chi connectivity index (χ4n) is 2.15. The second-order valence-electron chi connectivity index (χ2n) is 4.99. The van der Waals surface area contributed by atoms with Crippen LogP contribution >= 0.6 is 11.3 Å². The molecule has 1 aromatic rings. The van der Waals surface area contributed by atoms with Crippen LogP contribution in [0.25, 0.3) is 0 Å². The monoisotopic (exact) mass is 318 g/mol. The van der Waals surface area contributed by atoms with Crippen molar-refractivity contribution in [2.24, 2.45) is 0 Å².